The van der Waals surface area contributed by atoms with Crippen molar-refractivity contribution < 1.29 is 27.5 Å². The first-order chi connectivity index (χ1) is 7.70. The van der Waals surface area contributed by atoms with Gasteiger partial charge in [0.25, 0.3) is 0 Å². The molecule has 1 amide bonds. The zero-order valence-corrected chi connectivity index (χ0v) is 11.4. The van der Waals surface area contributed by atoms with Crippen LogP contribution in [0.2, 0.25) is 0 Å². The lowest BCUT2D eigenvalue weighted by atomic mass is 10.3. The molecular formula is C8H11BrF3NO3S. The van der Waals surface area contributed by atoms with E-state index in [4.69, 9.17) is 0 Å². The van der Waals surface area contributed by atoms with Crippen LogP contribution in [-0.2, 0) is 14.3 Å². The van der Waals surface area contributed by atoms with Crippen molar-refractivity contribution in [3.63, 3.8) is 0 Å². The van der Waals surface area contributed by atoms with Gasteiger partial charge < -0.3 is 10.1 Å². The summed E-state index contributed by atoms with van der Waals surface area (Å²) in [4.78, 5) is 21.9. The molecule has 0 aromatic heterocycles. The Morgan fingerprint density at radius 1 is 1.53 bits per heavy atom. The molecule has 0 saturated heterocycles. The molecule has 1 N–H and O–H groups in total. The molecule has 2 atom stereocenters. The number of rotatable bonds is 6. The second-order valence-corrected chi connectivity index (χ2v) is 4.92. The van der Waals surface area contributed by atoms with Crippen LogP contribution in [0.3, 0.4) is 0 Å². The van der Waals surface area contributed by atoms with Gasteiger partial charge in [0, 0.05) is 12.7 Å². The largest absolute Gasteiger partial charge is 0.467 e. The highest BCUT2D eigenvalue weighted by molar-refractivity contribution is 9.09. The maximum atomic E-state index is 12.9. The molecule has 0 aliphatic carbocycles. The molecule has 0 fully saturated rings. The number of carbonyl (C=O) groups excluding carboxylic acids is 2. The van der Waals surface area contributed by atoms with Crippen LogP contribution in [0.4, 0.5) is 13.2 Å². The standard InChI is InChI=1S/C8H11BrF3NO3S/c1-4(14)13-5(6(15)16-2)3-17-8(11,12)7(9)10/h5,7H,3H2,1-2H3,(H,13,14)/t5-,7?/m0/s1. The van der Waals surface area contributed by atoms with Gasteiger partial charge in [0.1, 0.15) is 6.04 Å². The molecule has 0 aliphatic heterocycles. The van der Waals surface area contributed by atoms with Crippen molar-refractivity contribution in [1.29, 1.82) is 0 Å². The van der Waals surface area contributed by atoms with Crippen LogP contribution in [0.25, 0.3) is 0 Å². The summed E-state index contributed by atoms with van der Waals surface area (Å²) >= 11 is 2.02. The zero-order valence-electron chi connectivity index (χ0n) is 9.01. The molecule has 100 valence electrons. The highest BCUT2D eigenvalue weighted by atomic mass is 79.9. The minimum Gasteiger partial charge on any atom is -0.467 e. The SMILES string of the molecule is COC(=O)[C@H](CSC(F)(F)C(F)Br)NC(C)=O. The minimum absolute atomic E-state index is 0.0902. The number of hydrogen-bond donors (Lipinski definition) is 1. The van der Waals surface area contributed by atoms with Crippen LogP contribution >= 0.6 is 27.7 Å². The predicted octanol–water partition coefficient (Wildman–Crippen LogP) is 1.68. The Kier molecular flexibility index (Phi) is 6.91. The van der Waals surface area contributed by atoms with Crippen LogP contribution in [0.15, 0.2) is 0 Å². The number of esters is 1. The minimum atomic E-state index is -3.69. The van der Waals surface area contributed by atoms with Gasteiger partial charge in [0.15, 0.2) is 0 Å². The van der Waals surface area contributed by atoms with E-state index in [9.17, 15) is 22.8 Å². The average Bonchev–Trinajstić information content (AvgIpc) is 2.22. The quantitative estimate of drug-likeness (QED) is 0.591. The molecule has 1 unspecified atom stereocenters. The maximum absolute atomic E-state index is 12.9. The summed E-state index contributed by atoms with van der Waals surface area (Å²) in [7, 11) is 1.06. The lowest BCUT2D eigenvalue weighted by molar-refractivity contribution is -0.144. The fourth-order valence-electron chi connectivity index (χ4n) is 0.814. The van der Waals surface area contributed by atoms with E-state index in [1.807, 2.05) is 0 Å². The Balaban J connectivity index is 4.45. The summed E-state index contributed by atoms with van der Waals surface area (Å²) in [5.74, 6) is -1.93. The number of alkyl halides is 4. The summed E-state index contributed by atoms with van der Waals surface area (Å²) in [6.45, 7) is 1.13. The van der Waals surface area contributed by atoms with E-state index in [2.05, 4.69) is 26.0 Å². The normalized spacial score (nSPS) is 14.9. The number of amides is 1. The third kappa shape index (κ3) is 6.16. The first-order valence-corrected chi connectivity index (χ1v) is 6.25. The smallest absolute Gasteiger partial charge is 0.334 e. The van der Waals surface area contributed by atoms with E-state index >= 15 is 0 Å². The van der Waals surface area contributed by atoms with Crippen molar-refractivity contribution >= 4 is 39.6 Å². The summed E-state index contributed by atoms with van der Waals surface area (Å²) < 4.78 is 42.5. The van der Waals surface area contributed by atoms with Gasteiger partial charge in [-0.05, 0) is 15.9 Å². The lowest BCUT2D eigenvalue weighted by Crippen LogP contribution is -2.43. The van der Waals surface area contributed by atoms with Crippen LogP contribution in [0.5, 0.6) is 0 Å². The third-order valence-corrected chi connectivity index (χ3v) is 3.53. The van der Waals surface area contributed by atoms with Crippen molar-refractivity contribution in [3.05, 3.63) is 0 Å². The number of methoxy groups -OCH3 is 1. The summed E-state index contributed by atoms with van der Waals surface area (Å²) in [5, 5.41) is -4.08. The second-order valence-electron chi connectivity index (χ2n) is 2.95. The van der Waals surface area contributed by atoms with Gasteiger partial charge in [-0.3, -0.25) is 4.79 Å². The highest BCUT2D eigenvalue weighted by Crippen LogP contribution is 2.37. The molecular weight excluding hydrogens is 327 g/mol. The maximum Gasteiger partial charge on any atom is 0.334 e. The van der Waals surface area contributed by atoms with E-state index in [1.165, 1.54) is 0 Å². The predicted molar refractivity (Wildman–Crippen MR) is 60.8 cm³/mol. The van der Waals surface area contributed by atoms with Crippen molar-refractivity contribution in [2.75, 3.05) is 12.9 Å². The van der Waals surface area contributed by atoms with Gasteiger partial charge in [-0.2, -0.15) is 8.78 Å². The molecule has 0 heterocycles. The van der Waals surface area contributed by atoms with Gasteiger partial charge in [-0.25, -0.2) is 9.18 Å². The topological polar surface area (TPSA) is 55.4 Å². The average molecular weight is 338 g/mol. The van der Waals surface area contributed by atoms with Crippen molar-refractivity contribution in [2.45, 2.75) is 23.3 Å². The lowest BCUT2D eigenvalue weighted by Gasteiger charge is -2.19. The van der Waals surface area contributed by atoms with Gasteiger partial charge in [0.05, 0.1) is 7.11 Å². The Morgan fingerprint density at radius 3 is 2.41 bits per heavy atom. The van der Waals surface area contributed by atoms with E-state index in [1.54, 1.807) is 0 Å². The van der Waals surface area contributed by atoms with E-state index in [0.717, 1.165) is 14.0 Å². The summed E-state index contributed by atoms with van der Waals surface area (Å²) in [6.07, 6.45) is 0. The van der Waals surface area contributed by atoms with Gasteiger partial charge >= 0.3 is 11.2 Å². The zero-order chi connectivity index (χ0) is 13.6. The number of nitrogens with one attached hydrogen (secondary N) is 1. The van der Waals surface area contributed by atoms with E-state index in [-0.39, 0.29) is 11.8 Å². The first kappa shape index (κ1) is 16.6. The molecule has 9 heteroatoms. The first-order valence-electron chi connectivity index (χ1n) is 4.35. The van der Waals surface area contributed by atoms with Gasteiger partial charge in [-0.15, -0.1) is 0 Å². The Labute approximate surface area is 109 Å². The Hall–Kier alpha value is -0.440. The monoisotopic (exact) mass is 337 g/mol. The number of halogens is 4. The van der Waals surface area contributed by atoms with E-state index < -0.39 is 34.0 Å². The molecule has 0 aromatic carbocycles. The third-order valence-electron chi connectivity index (χ3n) is 1.56. The molecule has 0 aliphatic rings. The van der Waals surface area contributed by atoms with Gasteiger partial charge in [-0.1, -0.05) is 11.8 Å². The number of thioether (sulfide) groups is 1. The highest BCUT2D eigenvalue weighted by Gasteiger charge is 2.40. The van der Waals surface area contributed by atoms with Crippen LogP contribution < -0.4 is 5.32 Å². The second kappa shape index (κ2) is 7.10. The van der Waals surface area contributed by atoms with Gasteiger partial charge in [0.2, 0.25) is 11.0 Å². The van der Waals surface area contributed by atoms with Crippen LogP contribution in [0.1, 0.15) is 6.92 Å². The molecule has 0 bridgehead atoms. The van der Waals surface area contributed by atoms with Crippen molar-refractivity contribution in [3.8, 4) is 0 Å². The molecule has 0 aromatic rings. The number of hydrogen-bond acceptors (Lipinski definition) is 4. The fraction of sp³-hybridized carbons (Fsp3) is 0.750. The molecule has 17 heavy (non-hydrogen) atoms. The molecule has 4 nitrogen and oxygen atoms in total. The molecule has 0 spiro atoms. The van der Waals surface area contributed by atoms with Crippen molar-refractivity contribution in [2.24, 2.45) is 0 Å². The molecule has 0 rings (SSSR count). The van der Waals surface area contributed by atoms with E-state index in [0.29, 0.717) is 0 Å². The number of ether oxygens (including phenoxy) is 1. The summed E-state index contributed by atoms with van der Waals surface area (Å²) in [6, 6.07) is -1.24. The Bertz CT molecular complexity index is 291. The fourth-order valence-corrected chi connectivity index (χ4v) is 1.94. The molecule has 0 radical (unpaired) electrons. The number of carbonyl (C=O) groups is 2. The van der Waals surface area contributed by atoms with Crippen LogP contribution in [-0.4, -0.2) is 41.1 Å². The van der Waals surface area contributed by atoms with Crippen molar-refractivity contribution in [1.82, 2.24) is 5.32 Å². The molecule has 0 saturated carbocycles. The Morgan fingerprint density at radius 2 is 2.06 bits per heavy atom. The summed E-state index contributed by atoms with van der Waals surface area (Å²) in [5.41, 5.74) is 0. The van der Waals surface area contributed by atoms with Crippen LogP contribution in [0, 0.1) is 0 Å².